The Labute approximate surface area is 194 Å². The monoisotopic (exact) mass is 504 g/mol. The SMILES string of the molecule is NC(=O)C(=CNC1CCC(N2CC(O)C2)CC1N)C(N)=Nc1ccc(S(=O)(=O)C(F)(F)F)cc1. The van der Waals surface area contributed by atoms with E-state index >= 15 is 0 Å². The van der Waals surface area contributed by atoms with E-state index < -0.39 is 26.1 Å². The molecule has 3 atom stereocenters. The van der Waals surface area contributed by atoms with Crippen molar-refractivity contribution in [3.05, 3.63) is 36.0 Å². The molecule has 1 aromatic rings. The first kappa shape index (κ1) is 25.9. The maximum Gasteiger partial charge on any atom is 0.501 e. The molecule has 1 aliphatic heterocycles. The molecule has 2 fully saturated rings. The van der Waals surface area contributed by atoms with Crippen LogP contribution in [-0.4, -0.2) is 73.0 Å². The lowest BCUT2D eigenvalue weighted by atomic mass is 9.85. The number of halogens is 3. The zero-order chi connectivity index (χ0) is 25.3. The standard InChI is InChI=1S/C20H27F3N6O4S/c21-20(22,23)34(32,33)14-4-1-11(2-5-14)28-18(25)15(19(26)31)8-27-17-6-3-12(7-16(17)24)29-9-13(30)10-29/h1-2,4-5,8,12-13,16-17,27,30H,3,6-7,9-10,24H2,(H2,25,28)(H2,26,31). The normalized spacial score (nSPS) is 25.6. The lowest BCUT2D eigenvalue weighted by Gasteiger charge is -2.46. The van der Waals surface area contributed by atoms with Gasteiger partial charge in [-0.3, -0.25) is 9.69 Å². The summed E-state index contributed by atoms with van der Waals surface area (Å²) in [5, 5.41) is 12.5. The highest BCUT2D eigenvalue weighted by molar-refractivity contribution is 7.92. The fourth-order valence-electron chi connectivity index (χ4n) is 4.00. The Morgan fingerprint density at radius 3 is 2.29 bits per heavy atom. The Kier molecular flexibility index (Phi) is 7.55. The molecule has 34 heavy (non-hydrogen) atoms. The van der Waals surface area contributed by atoms with Crippen molar-refractivity contribution in [2.75, 3.05) is 13.1 Å². The summed E-state index contributed by atoms with van der Waals surface area (Å²) < 4.78 is 60.9. The minimum atomic E-state index is -5.49. The third-order valence-electron chi connectivity index (χ3n) is 5.96. The van der Waals surface area contributed by atoms with Crippen molar-refractivity contribution in [2.24, 2.45) is 22.2 Å². The van der Waals surface area contributed by atoms with Crippen molar-refractivity contribution in [3.63, 3.8) is 0 Å². The second-order valence-electron chi connectivity index (χ2n) is 8.37. The first-order valence-electron chi connectivity index (χ1n) is 10.5. The molecule has 14 heteroatoms. The number of amides is 1. The molecule has 8 N–H and O–H groups in total. The topological polar surface area (TPSA) is 177 Å². The van der Waals surface area contributed by atoms with E-state index in [-0.39, 0.29) is 41.3 Å². The molecule has 0 spiro atoms. The van der Waals surface area contributed by atoms with Crippen LogP contribution in [0, 0.1) is 0 Å². The van der Waals surface area contributed by atoms with Gasteiger partial charge in [0.1, 0.15) is 5.84 Å². The van der Waals surface area contributed by atoms with Gasteiger partial charge in [-0.05, 0) is 43.5 Å². The highest BCUT2D eigenvalue weighted by Gasteiger charge is 2.46. The minimum absolute atomic E-state index is 0.0275. The number of alkyl halides is 3. The summed E-state index contributed by atoms with van der Waals surface area (Å²) in [5.41, 5.74) is 12.0. The largest absolute Gasteiger partial charge is 0.501 e. The third kappa shape index (κ3) is 5.68. The Balaban J connectivity index is 1.68. The van der Waals surface area contributed by atoms with Crippen LogP contribution in [0.15, 0.2) is 45.9 Å². The van der Waals surface area contributed by atoms with Crippen molar-refractivity contribution in [3.8, 4) is 0 Å². The van der Waals surface area contributed by atoms with Crippen LogP contribution in [0.25, 0.3) is 0 Å². The number of carbonyl (C=O) groups excluding carboxylic acids is 1. The number of nitrogens with zero attached hydrogens (tertiary/aromatic N) is 2. The van der Waals surface area contributed by atoms with E-state index in [1.54, 1.807) is 0 Å². The number of rotatable bonds is 7. The van der Waals surface area contributed by atoms with E-state index in [4.69, 9.17) is 17.2 Å². The molecule has 1 amide bonds. The summed E-state index contributed by atoms with van der Waals surface area (Å²) in [4.78, 5) is 17.1. The zero-order valence-electron chi connectivity index (χ0n) is 18.1. The molecule has 0 aromatic heterocycles. The molecule has 2 aliphatic rings. The van der Waals surface area contributed by atoms with Crippen molar-refractivity contribution in [1.29, 1.82) is 0 Å². The predicted molar refractivity (Wildman–Crippen MR) is 118 cm³/mol. The summed E-state index contributed by atoms with van der Waals surface area (Å²) in [5.74, 6) is -1.19. The smallest absolute Gasteiger partial charge is 0.390 e. The number of aliphatic hydroxyl groups excluding tert-OH is 1. The predicted octanol–water partition coefficient (Wildman–Crippen LogP) is -0.147. The molecule has 1 aromatic carbocycles. The van der Waals surface area contributed by atoms with Gasteiger partial charge in [-0.15, -0.1) is 0 Å². The number of nitrogens with one attached hydrogen (secondary N) is 1. The molecule has 0 radical (unpaired) electrons. The number of aliphatic hydroxyl groups is 1. The van der Waals surface area contributed by atoms with Crippen LogP contribution >= 0.6 is 0 Å². The molecule has 1 saturated carbocycles. The fraction of sp³-hybridized carbons (Fsp3) is 0.500. The Morgan fingerprint density at radius 2 is 1.79 bits per heavy atom. The van der Waals surface area contributed by atoms with Crippen LogP contribution in [0.1, 0.15) is 19.3 Å². The Bertz CT molecular complexity index is 1070. The van der Waals surface area contributed by atoms with E-state index in [9.17, 15) is 31.5 Å². The summed E-state index contributed by atoms with van der Waals surface area (Å²) in [7, 11) is -5.49. The number of benzene rings is 1. The van der Waals surface area contributed by atoms with Crippen LogP contribution in [0.5, 0.6) is 0 Å². The van der Waals surface area contributed by atoms with Crippen molar-refractivity contribution < 1.29 is 31.5 Å². The number of sulfone groups is 1. The number of amidine groups is 1. The van der Waals surface area contributed by atoms with Crippen LogP contribution < -0.4 is 22.5 Å². The number of carbonyl (C=O) groups is 1. The first-order valence-corrected chi connectivity index (χ1v) is 12.0. The van der Waals surface area contributed by atoms with Gasteiger partial charge in [-0.25, -0.2) is 13.4 Å². The molecule has 1 aliphatic carbocycles. The van der Waals surface area contributed by atoms with Crippen molar-refractivity contribution in [2.45, 2.75) is 53.9 Å². The second kappa shape index (κ2) is 9.90. The molecular weight excluding hydrogens is 477 g/mol. The van der Waals surface area contributed by atoms with Gasteiger partial charge >= 0.3 is 5.51 Å². The molecule has 188 valence electrons. The van der Waals surface area contributed by atoms with Gasteiger partial charge in [-0.1, -0.05) is 0 Å². The Hall–Kier alpha value is -2.68. The quantitative estimate of drug-likeness (QED) is 0.193. The molecule has 3 unspecified atom stereocenters. The van der Waals surface area contributed by atoms with Gasteiger partial charge in [0.05, 0.1) is 22.3 Å². The maximum atomic E-state index is 12.7. The number of β-amino-alcohol motifs (C(OH)–C–C–N with tert-alkyl or cyclic N) is 1. The van der Waals surface area contributed by atoms with Gasteiger partial charge in [0, 0.05) is 37.4 Å². The molecule has 1 saturated heterocycles. The lowest BCUT2D eigenvalue weighted by molar-refractivity contribution is -0.114. The van der Waals surface area contributed by atoms with Crippen molar-refractivity contribution in [1.82, 2.24) is 10.2 Å². The number of primary amides is 1. The number of hydrogen-bond donors (Lipinski definition) is 5. The molecular formula is C20H27F3N6O4S. The van der Waals surface area contributed by atoms with E-state index in [1.807, 2.05) is 0 Å². The zero-order valence-corrected chi connectivity index (χ0v) is 18.9. The number of nitrogens with two attached hydrogens (primary N) is 3. The molecule has 3 rings (SSSR count). The van der Waals surface area contributed by atoms with Gasteiger partial charge in [0.15, 0.2) is 0 Å². The third-order valence-corrected chi connectivity index (χ3v) is 7.47. The van der Waals surface area contributed by atoms with Crippen LogP contribution in [0.2, 0.25) is 0 Å². The average Bonchev–Trinajstić information content (AvgIpc) is 2.72. The van der Waals surface area contributed by atoms with Crippen molar-refractivity contribution >= 4 is 27.3 Å². The number of likely N-dealkylation sites (tertiary alicyclic amines) is 1. The van der Waals surface area contributed by atoms with E-state index in [0.29, 0.717) is 25.9 Å². The van der Waals surface area contributed by atoms with E-state index in [0.717, 1.165) is 30.7 Å². The molecule has 1 heterocycles. The molecule has 10 nitrogen and oxygen atoms in total. The number of aliphatic imine (C=N–C) groups is 1. The number of hydrogen-bond acceptors (Lipinski definition) is 8. The average molecular weight is 505 g/mol. The van der Waals surface area contributed by atoms with Gasteiger partial charge < -0.3 is 27.6 Å². The molecule has 0 bridgehead atoms. The minimum Gasteiger partial charge on any atom is -0.390 e. The summed E-state index contributed by atoms with van der Waals surface area (Å²) in [6, 6.07) is 3.46. The van der Waals surface area contributed by atoms with E-state index in [2.05, 4.69) is 15.2 Å². The second-order valence-corrected chi connectivity index (χ2v) is 10.3. The van der Waals surface area contributed by atoms with E-state index in [1.165, 1.54) is 6.20 Å². The highest BCUT2D eigenvalue weighted by Crippen LogP contribution is 2.31. The summed E-state index contributed by atoms with van der Waals surface area (Å²) in [6.45, 7) is 1.27. The summed E-state index contributed by atoms with van der Waals surface area (Å²) >= 11 is 0. The first-order chi connectivity index (χ1) is 15.8. The summed E-state index contributed by atoms with van der Waals surface area (Å²) in [6.07, 6.45) is 3.30. The van der Waals surface area contributed by atoms with Crippen LogP contribution in [-0.2, 0) is 14.6 Å². The van der Waals surface area contributed by atoms with Gasteiger partial charge in [-0.2, -0.15) is 13.2 Å². The fourth-order valence-corrected chi connectivity index (χ4v) is 4.76. The van der Waals surface area contributed by atoms with Gasteiger partial charge in [0.25, 0.3) is 15.7 Å². The van der Waals surface area contributed by atoms with Crippen LogP contribution in [0.3, 0.4) is 0 Å². The van der Waals surface area contributed by atoms with Crippen LogP contribution in [0.4, 0.5) is 18.9 Å². The Morgan fingerprint density at radius 1 is 1.18 bits per heavy atom. The maximum absolute atomic E-state index is 12.7. The van der Waals surface area contributed by atoms with Gasteiger partial charge in [0.2, 0.25) is 0 Å². The lowest BCUT2D eigenvalue weighted by Crippen LogP contribution is -2.60. The highest BCUT2D eigenvalue weighted by atomic mass is 32.2.